The van der Waals surface area contributed by atoms with Crippen LogP contribution in [0.15, 0.2) is 84.4 Å². The van der Waals surface area contributed by atoms with Crippen molar-refractivity contribution in [2.75, 3.05) is 4.90 Å². The van der Waals surface area contributed by atoms with Gasteiger partial charge < -0.3 is 5.11 Å². The number of aliphatic hydroxyl groups is 1. The van der Waals surface area contributed by atoms with Crippen LogP contribution in [-0.4, -0.2) is 21.7 Å². The Morgan fingerprint density at radius 2 is 1.55 bits per heavy atom. The molecule has 1 aliphatic rings. The van der Waals surface area contributed by atoms with E-state index in [4.69, 9.17) is 0 Å². The smallest absolute Gasteiger partial charge is 0.300 e. The Labute approximate surface area is 178 Å². The van der Waals surface area contributed by atoms with Crippen LogP contribution in [0.25, 0.3) is 5.76 Å². The number of hydrogen-bond acceptors (Lipinski definition) is 5. The number of aliphatic hydroxyl groups excluding tert-OH is 1. The van der Waals surface area contributed by atoms with E-state index in [1.807, 2.05) is 6.92 Å². The van der Waals surface area contributed by atoms with Crippen molar-refractivity contribution in [3.8, 4) is 0 Å². The van der Waals surface area contributed by atoms with Crippen molar-refractivity contribution in [1.29, 1.82) is 0 Å². The maximum Gasteiger partial charge on any atom is 0.300 e. The number of carbonyl (C=O) groups excluding carboxylic acids is 2. The number of nitro groups is 1. The van der Waals surface area contributed by atoms with Crippen LogP contribution >= 0.6 is 0 Å². The Hall–Kier alpha value is -4.26. The van der Waals surface area contributed by atoms with E-state index < -0.39 is 22.7 Å². The first kappa shape index (κ1) is 20.0. The van der Waals surface area contributed by atoms with E-state index >= 15 is 0 Å². The van der Waals surface area contributed by atoms with Gasteiger partial charge in [0.25, 0.3) is 17.4 Å². The molecule has 4 rings (SSSR count). The minimum atomic E-state index is -1.15. The van der Waals surface area contributed by atoms with E-state index in [0.717, 1.165) is 5.56 Å². The van der Waals surface area contributed by atoms with E-state index in [0.29, 0.717) is 11.3 Å². The molecule has 1 amide bonds. The fourth-order valence-corrected chi connectivity index (χ4v) is 3.73. The van der Waals surface area contributed by atoms with Gasteiger partial charge in [-0.05, 0) is 25.1 Å². The number of para-hydroxylation sites is 2. The summed E-state index contributed by atoms with van der Waals surface area (Å²) in [5, 5.41) is 22.7. The molecular weight excluding hydrogens is 396 g/mol. The van der Waals surface area contributed by atoms with Crippen LogP contribution in [0.1, 0.15) is 22.7 Å². The number of rotatable bonds is 4. The van der Waals surface area contributed by atoms with Crippen LogP contribution in [0.4, 0.5) is 11.4 Å². The van der Waals surface area contributed by atoms with Crippen molar-refractivity contribution < 1.29 is 19.6 Å². The van der Waals surface area contributed by atoms with Crippen molar-refractivity contribution in [2.45, 2.75) is 13.0 Å². The van der Waals surface area contributed by atoms with Gasteiger partial charge in [0.1, 0.15) is 11.8 Å². The molecule has 1 aliphatic heterocycles. The van der Waals surface area contributed by atoms with Crippen LogP contribution in [0, 0.1) is 17.0 Å². The number of benzene rings is 3. The highest BCUT2D eigenvalue weighted by Gasteiger charge is 2.48. The standard InChI is InChI=1S/C24H18N2O5/c1-15-11-13-16(14-12-15)22(27)20-21(18-9-5-6-10-19(18)26(30)31)25(24(29)23(20)28)17-7-3-2-4-8-17/h2-14,21,27H,1H3/b22-20+. The zero-order chi connectivity index (χ0) is 22.1. The molecule has 154 valence electrons. The summed E-state index contributed by atoms with van der Waals surface area (Å²) >= 11 is 0. The fraction of sp³-hybridized carbons (Fsp3) is 0.0833. The molecule has 3 aromatic carbocycles. The summed E-state index contributed by atoms with van der Waals surface area (Å²) in [6.07, 6.45) is 0. The number of hydrogen-bond donors (Lipinski definition) is 1. The largest absolute Gasteiger partial charge is 0.507 e. The van der Waals surface area contributed by atoms with Gasteiger partial charge in [-0.15, -0.1) is 0 Å². The zero-order valence-corrected chi connectivity index (χ0v) is 16.6. The van der Waals surface area contributed by atoms with Gasteiger partial charge in [-0.1, -0.05) is 60.2 Å². The van der Waals surface area contributed by atoms with Crippen molar-refractivity contribution in [3.63, 3.8) is 0 Å². The molecule has 7 heteroatoms. The Morgan fingerprint density at radius 3 is 2.19 bits per heavy atom. The second-order valence-corrected chi connectivity index (χ2v) is 7.19. The second kappa shape index (κ2) is 7.87. The average molecular weight is 414 g/mol. The van der Waals surface area contributed by atoms with Crippen LogP contribution in [0.2, 0.25) is 0 Å². The minimum absolute atomic E-state index is 0.143. The lowest BCUT2D eigenvalue weighted by Crippen LogP contribution is -2.29. The quantitative estimate of drug-likeness (QED) is 0.222. The molecule has 1 heterocycles. The summed E-state index contributed by atoms with van der Waals surface area (Å²) in [6.45, 7) is 1.88. The first-order chi connectivity index (χ1) is 14.9. The summed E-state index contributed by atoms with van der Waals surface area (Å²) in [7, 11) is 0. The van der Waals surface area contributed by atoms with Gasteiger partial charge in [-0.2, -0.15) is 0 Å². The third kappa shape index (κ3) is 3.46. The Bertz CT molecular complexity index is 1220. The van der Waals surface area contributed by atoms with Gasteiger partial charge >= 0.3 is 0 Å². The molecule has 0 bridgehead atoms. The molecule has 1 saturated heterocycles. The lowest BCUT2D eigenvalue weighted by molar-refractivity contribution is -0.385. The number of Topliss-reactive ketones (excluding diaryl/α,β-unsaturated/α-hetero) is 1. The van der Waals surface area contributed by atoms with E-state index in [1.54, 1.807) is 60.7 Å². The average Bonchev–Trinajstić information content (AvgIpc) is 3.05. The van der Waals surface area contributed by atoms with Gasteiger partial charge in [0.2, 0.25) is 0 Å². The first-order valence-electron chi connectivity index (χ1n) is 9.56. The molecule has 0 spiro atoms. The molecular formula is C24H18N2O5. The highest BCUT2D eigenvalue weighted by atomic mass is 16.6. The van der Waals surface area contributed by atoms with Crippen molar-refractivity contribution >= 4 is 28.8 Å². The van der Waals surface area contributed by atoms with Gasteiger partial charge in [0, 0.05) is 17.3 Å². The third-order valence-corrected chi connectivity index (χ3v) is 5.23. The molecule has 1 atom stereocenters. The molecule has 1 N–H and O–H groups in total. The van der Waals surface area contributed by atoms with E-state index in [-0.39, 0.29) is 22.6 Å². The van der Waals surface area contributed by atoms with Crippen LogP contribution in [-0.2, 0) is 9.59 Å². The SMILES string of the molecule is Cc1ccc(/C(O)=C2\C(=O)C(=O)N(c3ccccc3)C2c2ccccc2[N+](=O)[O-])cc1. The molecule has 3 aromatic rings. The highest BCUT2D eigenvalue weighted by molar-refractivity contribution is 6.51. The predicted molar refractivity (Wildman–Crippen MR) is 116 cm³/mol. The molecule has 31 heavy (non-hydrogen) atoms. The number of amides is 1. The Balaban J connectivity index is 2.01. The fourth-order valence-electron chi connectivity index (χ4n) is 3.73. The van der Waals surface area contributed by atoms with Crippen LogP contribution in [0.5, 0.6) is 0 Å². The topological polar surface area (TPSA) is 101 Å². The number of nitrogens with zero attached hydrogens (tertiary/aromatic N) is 2. The van der Waals surface area contributed by atoms with E-state index in [1.165, 1.54) is 23.1 Å². The van der Waals surface area contributed by atoms with Crippen LogP contribution in [0.3, 0.4) is 0 Å². The van der Waals surface area contributed by atoms with Crippen molar-refractivity contribution in [1.82, 2.24) is 0 Å². The normalized spacial score (nSPS) is 17.7. The molecule has 1 fully saturated rings. The maximum atomic E-state index is 13.1. The van der Waals surface area contributed by atoms with E-state index in [2.05, 4.69) is 0 Å². The Kier molecular flexibility index (Phi) is 5.09. The first-order valence-corrected chi connectivity index (χ1v) is 9.56. The summed E-state index contributed by atoms with van der Waals surface area (Å²) in [6, 6.07) is 20.0. The predicted octanol–water partition coefficient (Wildman–Crippen LogP) is 4.53. The molecule has 1 unspecified atom stereocenters. The molecule has 7 nitrogen and oxygen atoms in total. The number of nitro benzene ring substituents is 1. The number of carbonyl (C=O) groups is 2. The van der Waals surface area contributed by atoms with Gasteiger partial charge in [0.05, 0.1) is 16.1 Å². The lowest BCUT2D eigenvalue weighted by atomic mass is 9.94. The number of aryl methyl sites for hydroxylation is 1. The summed E-state index contributed by atoms with van der Waals surface area (Å²) < 4.78 is 0. The number of ketones is 1. The minimum Gasteiger partial charge on any atom is -0.507 e. The summed E-state index contributed by atoms with van der Waals surface area (Å²) in [4.78, 5) is 38.4. The third-order valence-electron chi connectivity index (χ3n) is 5.23. The zero-order valence-electron chi connectivity index (χ0n) is 16.6. The summed E-state index contributed by atoms with van der Waals surface area (Å²) in [5.74, 6) is -2.13. The molecule has 0 aliphatic carbocycles. The molecule has 0 aromatic heterocycles. The Morgan fingerprint density at radius 1 is 0.935 bits per heavy atom. The maximum absolute atomic E-state index is 13.1. The molecule has 0 radical (unpaired) electrons. The highest BCUT2D eigenvalue weighted by Crippen LogP contribution is 2.44. The van der Waals surface area contributed by atoms with Crippen molar-refractivity contribution in [3.05, 3.63) is 111 Å². The van der Waals surface area contributed by atoms with Gasteiger partial charge in [-0.25, -0.2) is 0 Å². The van der Waals surface area contributed by atoms with Crippen molar-refractivity contribution in [2.24, 2.45) is 0 Å². The lowest BCUT2D eigenvalue weighted by Gasteiger charge is -2.25. The second-order valence-electron chi connectivity index (χ2n) is 7.19. The number of anilines is 1. The van der Waals surface area contributed by atoms with E-state index in [9.17, 15) is 24.8 Å². The van der Waals surface area contributed by atoms with Crippen LogP contribution < -0.4 is 4.90 Å². The van der Waals surface area contributed by atoms with Gasteiger partial charge in [-0.3, -0.25) is 24.6 Å². The van der Waals surface area contributed by atoms with Gasteiger partial charge in [0.15, 0.2) is 0 Å². The summed E-state index contributed by atoms with van der Waals surface area (Å²) in [5.41, 5.74) is 1.41. The molecule has 0 saturated carbocycles. The monoisotopic (exact) mass is 414 g/mol.